The molecule has 0 aliphatic heterocycles. The fourth-order valence-corrected chi connectivity index (χ4v) is 1.74. The topological polar surface area (TPSA) is 73.0 Å². The molecule has 0 unspecified atom stereocenters. The fraction of sp³-hybridized carbons (Fsp3) is 0.357. The number of benzene rings is 1. The summed E-state index contributed by atoms with van der Waals surface area (Å²) in [5.41, 5.74) is 0.665. The summed E-state index contributed by atoms with van der Waals surface area (Å²) in [7, 11) is 0. The van der Waals surface area contributed by atoms with Crippen molar-refractivity contribution in [1.29, 1.82) is 0 Å². The number of nitro groups is 1. The smallest absolute Gasteiger partial charge is 0.306 e. The van der Waals surface area contributed by atoms with Crippen LogP contribution in [0.1, 0.15) is 26.5 Å². The molecule has 0 fully saturated rings. The molecule has 7 heteroatoms. The third-order valence-corrected chi connectivity index (χ3v) is 2.84. The summed E-state index contributed by atoms with van der Waals surface area (Å²) in [6.07, 6.45) is 1.69. The largest absolute Gasteiger partial charge is 0.306 e. The monoisotopic (exact) mass is 292 g/mol. The fourth-order valence-electron chi connectivity index (χ4n) is 1.74. The molecule has 1 heterocycles. The molecule has 6 nitrogen and oxygen atoms in total. The van der Waals surface area contributed by atoms with E-state index in [0.29, 0.717) is 12.2 Å². The summed E-state index contributed by atoms with van der Waals surface area (Å²) < 4.78 is 14.8. The first kappa shape index (κ1) is 15.1. The minimum absolute atomic E-state index is 0.0293. The predicted octanol–water partition coefficient (Wildman–Crippen LogP) is 2.81. The third-order valence-electron chi connectivity index (χ3n) is 2.84. The van der Waals surface area contributed by atoms with Gasteiger partial charge in [-0.05, 0) is 39.0 Å². The van der Waals surface area contributed by atoms with Crippen LogP contribution in [0.15, 0.2) is 30.5 Å². The quantitative estimate of drug-likeness (QED) is 0.694. The van der Waals surface area contributed by atoms with E-state index in [1.165, 1.54) is 16.8 Å². The molecule has 2 aromatic rings. The summed E-state index contributed by atoms with van der Waals surface area (Å²) in [4.78, 5) is 10.0. The Labute approximate surface area is 121 Å². The number of hydrogen-bond donors (Lipinski definition) is 1. The predicted molar refractivity (Wildman–Crippen MR) is 76.8 cm³/mol. The van der Waals surface area contributed by atoms with E-state index in [0.717, 1.165) is 11.8 Å². The molecular formula is C14H17FN4O2. The lowest BCUT2D eigenvalue weighted by Gasteiger charge is -2.19. The second-order valence-electron chi connectivity index (χ2n) is 5.75. The molecule has 1 aromatic heterocycles. The number of nitro benzene ring substituents is 1. The Morgan fingerprint density at radius 1 is 1.38 bits per heavy atom. The minimum atomic E-state index is -0.856. The van der Waals surface area contributed by atoms with Crippen molar-refractivity contribution in [3.05, 3.63) is 52.1 Å². The van der Waals surface area contributed by atoms with Crippen LogP contribution in [0.25, 0.3) is 5.69 Å². The van der Waals surface area contributed by atoms with Crippen molar-refractivity contribution in [3.8, 4) is 5.69 Å². The van der Waals surface area contributed by atoms with Crippen LogP contribution in [-0.4, -0.2) is 20.2 Å². The molecule has 1 N–H and O–H groups in total. The molecule has 0 atom stereocenters. The Morgan fingerprint density at radius 2 is 2.10 bits per heavy atom. The van der Waals surface area contributed by atoms with Crippen LogP contribution in [0.5, 0.6) is 0 Å². The summed E-state index contributed by atoms with van der Waals surface area (Å²) in [5, 5.41) is 18.4. The molecule has 0 amide bonds. The van der Waals surface area contributed by atoms with Crippen LogP contribution in [0.4, 0.5) is 10.1 Å². The van der Waals surface area contributed by atoms with Gasteiger partial charge in [-0.2, -0.15) is 9.49 Å². The van der Waals surface area contributed by atoms with Crippen LogP contribution < -0.4 is 5.32 Å². The van der Waals surface area contributed by atoms with Crippen LogP contribution in [0.2, 0.25) is 0 Å². The van der Waals surface area contributed by atoms with Crippen molar-refractivity contribution in [2.75, 3.05) is 0 Å². The molecule has 2 rings (SSSR count). The van der Waals surface area contributed by atoms with E-state index in [9.17, 15) is 14.5 Å². The Balaban J connectivity index is 2.22. The van der Waals surface area contributed by atoms with Gasteiger partial charge in [-0.15, -0.1) is 0 Å². The number of halogens is 1. The molecule has 0 saturated heterocycles. The van der Waals surface area contributed by atoms with Gasteiger partial charge in [0.25, 0.3) is 0 Å². The van der Waals surface area contributed by atoms with Crippen LogP contribution >= 0.6 is 0 Å². The summed E-state index contributed by atoms with van der Waals surface area (Å²) >= 11 is 0. The van der Waals surface area contributed by atoms with E-state index in [-0.39, 0.29) is 5.54 Å². The van der Waals surface area contributed by atoms with Crippen LogP contribution in [-0.2, 0) is 6.54 Å². The molecule has 0 bridgehead atoms. The maximum atomic E-state index is 13.3. The Kier molecular flexibility index (Phi) is 4.04. The van der Waals surface area contributed by atoms with Crippen LogP contribution in [0, 0.1) is 15.9 Å². The third kappa shape index (κ3) is 3.85. The molecule has 0 radical (unpaired) electrons. The van der Waals surface area contributed by atoms with Gasteiger partial charge in [0.05, 0.1) is 16.3 Å². The summed E-state index contributed by atoms with van der Waals surface area (Å²) in [5.74, 6) is -0.856. The van der Waals surface area contributed by atoms with Crippen molar-refractivity contribution in [2.24, 2.45) is 0 Å². The molecule has 112 valence electrons. The molecule has 0 spiro atoms. The zero-order valence-electron chi connectivity index (χ0n) is 12.1. The lowest BCUT2D eigenvalue weighted by atomic mass is 10.1. The van der Waals surface area contributed by atoms with E-state index in [4.69, 9.17) is 0 Å². The highest BCUT2D eigenvalue weighted by Gasteiger charge is 2.16. The maximum Gasteiger partial charge on any atom is 0.306 e. The average molecular weight is 292 g/mol. The maximum absolute atomic E-state index is 13.3. The van der Waals surface area contributed by atoms with E-state index in [1.807, 2.05) is 26.8 Å². The first-order valence-corrected chi connectivity index (χ1v) is 6.50. The second kappa shape index (κ2) is 5.61. The molecule has 0 aliphatic rings. The minimum Gasteiger partial charge on any atom is -0.306 e. The van der Waals surface area contributed by atoms with Gasteiger partial charge in [0.2, 0.25) is 5.82 Å². The number of aromatic nitrogens is 2. The number of nitrogens with one attached hydrogen (secondary N) is 1. The van der Waals surface area contributed by atoms with Crippen molar-refractivity contribution >= 4 is 5.69 Å². The molecule has 0 saturated carbocycles. The number of rotatable bonds is 4. The van der Waals surface area contributed by atoms with Crippen molar-refractivity contribution < 1.29 is 9.31 Å². The standard InChI is InChI=1S/C14H17FN4O2/c1-14(2,3)16-9-10-6-7-18(17-10)11-4-5-12(15)13(8-11)19(20)21/h4-8,16H,9H2,1-3H3. The van der Waals surface area contributed by atoms with Gasteiger partial charge < -0.3 is 5.32 Å². The first-order chi connectivity index (χ1) is 9.76. The SMILES string of the molecule is CC(C)(C)NCc1ccn(-c2ccc(F)c([N+](=O)[O-])c2)n1. The Morgan fingerprint density at radius 3 is 2.71 bits per heavy atom. The summed E-state index contributed by atoms with van der Waals surface area (Å²) in [6, 6.07) is 5.51. The lowest BCUT2D eigenvalue weighted by Crippen LogP contribution is -2.35. The van der Waals surface area contributed by atoms with Crippen molar-refractivity contribution in [2.45, 2.75) is 32.9 Å². The number of hydrogen-bond acceptors (Lipinski definition) is 4. The van der Waals surface area contributed by atoms with Gasteiger partial charge in [-0.25, -0.2) is 4.68 Å². The van der Waals surface area contributed by atoms with Crippen molar-refractivity contribution in [3.63, 3.8) is 0 Å². The zero-order valence-corrected chi connectivity index (χ0v) is 12.1. The highest BCUT2D eigenvalue weighted by atomic mass is 19.1. The lowest BCUT2D eigenvalue weighted by molar-refractivity contribution is -0.387. The average Bonchev–Trinajstić information content (AvgIpc) is 2.84. The second-order valence-corrected chi connectivity index (χ2v) is 5.75. The Hall–Kier alpha value is -2.28. The molecule has 1 aromatic carbocycles. The number of nitrogens with zero attached hydrogens (tertiary/aromatic N) is 3. The molecule has 0 aliphatic carbocycles. The molecule has 21 heavy (non-hydrogen) atoms. The normalized spacial score (nSPS) is 11.6. The van der Waals surface area contributed by atoms with E-state index >= 15 is 0 Å². The van der Waals surface area contributed by atoms with Crippen LogP contribution in [0.3, 0.4) is 0 Å². The zero-order chi connectivity index (χ0) is 15.6. The Bertz CT molecular complexity index is 661. The molecular weight excluding hydrogens is 275 g/mol. The van der Waals surface area contributed by atoms with E-state index in [2.05, 4.69) is 10.4 Å². The van der Waals surface area contributed by atoms with E-state index in [1.54, 1.807) is 6.20 Å². The van der Waals surface area contributed by atoms with Gasteiger partial charge >= 0.3 is 5.69 Å². The first-order valence-electron chi connectivity index (χ1n) is 6.50. The van der Waals surface area contributed by atoms with E-state index < -0.39 is 16.4 Å². The van der Waals surface area contributed by atoms with Gasteiger partial charge in [-0.1, -0.05) is 0 Å². The summed E-state index contributed by atoms with van der Waals surface area (Å²) in [6.45, 7) is 6.73. The van der Waals surface area contributed by atoms with Crippen molar-refractivity contribution in [1.82, 2.24) is 15.1 Å². The highest BCUT2D eigenvalue weighted by molar-refractivity contribution is 5.43. The van der Waals surface area contributed by atoms with Gasteiger partial charge in [0.1, 0.15) is 0 Å². The van der Waals surface area contributed by atoms with Gasteiger partial charge in [0.15, 0.2) is 0 Å². The van der Waals surface area contributed by atoms with Gasteiger partial charge in [0, 0.05) is 24.3 Å². The highest BCUT2D eigenvalue weighted by Crippen LogP contribution is 2.20. The van der Waals surface area contributed by atoms with Gasteiger partial charge in [-0.3, -0.25) is 10.1 Å².